The van der Waals surface area contributed by atoms with Crippen LogP contribution in [0.4, 0.5) is 11.4 Å². The Balaban J connectivity index is 1.28. The molecular formula is C31H38N6. The highest BCUT2D eigenvalue weighted by Crippen LogP contribution is 2.31. The first-order chi connectivity index (χ1) is 18.0. The lowest BCUT2D eigenvalue weighted by Crippen LogP contribution is -2.29. The summed E-state index contributed by atoms with van der Waals surface area (Å²) in [4.78, 5) is 14.0. The van der Waals surface area contributed by atoms with Crippen molar-refractivity contribution in [1.29, 1.82) is 0 Å². The van der Waals surface area contributed by atoms with E-state index < -0.39 is 0 Å². The molecule has 3 aromatic rings. The number of likely N-dealkylation sites (tertiary alicyclic amines) is 2. The highest BCUT2D eigenvalue weighted by atomic mass is 15.1. The molecule has 0 spiro atoms. The van der Waals surface area contributed by atoms with Gasteiger partial charge in [0.1, 0.15) is 0 Å². The van der Waals surface area contributed by atoms with E-state index in [1.165, 1.54) is 56.3 Å². The third-order valence-corrected chi connectivity index (χ3v) is 7.42. The van der Waals surface area contributed by atoms with Gasteiger partial charge < -0.3 is 11.1 Å². The van der Waals surface area contributed by atoms with Gasteiger partial charge in [0.25, 0.3) is 0 Å². The van der Waals surface area contributed by atoms with Crippen LogP contribution in [0.2, 0.25) is 0 Å². The number of nitrogens with zero attached hydrogens (tertiary/aromatic N) is 4. The van der Waals surface area contributed by atoms with Crippen LogP contribution in [0, 0.1) is 0 Å². The molecule has 0 aliphatic carbocycles. The number of allylic oxidation sites excluding steroid dienone is 1. The lowest BCUT2D eigenvalue weighted by atomic mass is 9.97. The Morgan fingerprint density at radius 2 is 1.38 bits per heavy atom. The maximum atomic E-state index is 6.40. The largest absolute Gasteiger partial charge is 0.398 e. The molecule has 0 amide bonds. The summed E-state index contributed by atoms with van der Waals surface area (Å²) in [7, 11) is 0. The first-order valence-electron chi connectivity index (χ1n) is 13.4. The summed E-state index contributed by atoms with van der Waals surface area (Å²) in [5.41, 5.74) is 14.9. The fourth-order valence-electron chi connectivity index (χ4n) is 5.36. The van der Waals surface area contributed by atoms with Crippen LogP contribution >= 0.6 is 0 Å². The molecule has 37 heavy (non-hydrogen) atoms. The van der Waals surface area contributed by atoms with E-state index in [0.717, 1.165) is 54.1 Å². The predicted molar refractivity (Wildman–Crippen MR) is 154 cm³/mol. The number of pyridine rings is 2. The van der Waals surface area contributed by atoms with E-state index >= 15 is 0 Å². The average molecular weight is 495 g/mol. The molecule has 0 radical (unpaired) electrons. The fraction of sp³-hybridized carbons (Fsp3) is 0.355. The number of nitrogens with one attached hydrogen (secondary N) is 1. The molecule has 0 saturated carbocycles. The van der Waals surface area contributed by atoms with Gasteiger partial charge in [0, 0.05) is 54.2 Å². The summed E-state index contributed by atoms with van der Waals surface area (Å²) in [6, 6.07) is 10.5. The SMILES string of the molecule is C=C(Nc1cncc(CN2CCCCC2)c1)C(=C)c1cc(-c2cncc(CN3CCCC3)c2)ccc1N. The van der Waals surface area contributed by atoms with Crippen molar-refractivity contribution >= 4 is 16.9 Å². The lowest BCUT2D eigenvalue weighted by molar-refractivity contribution is 0.220. The maximum absolute atomic E-state index is 6.40. The van der Waals surface area contributed by atoms with E-state index in [-0.39, 0.29) is 0 Å². The molecule has 2 fully saturated rings. The Bertz CT molecular complexity index is 1250. The second-order valence-corrected chi connectivity index (χ2v) is 10.4. The molecule has 6 nitrogen and oxygen atoms in total. The molecule has 5 rings (SSSR count). The Hall–Kier alpha value is -3.48. The van der Waals surface area contributed by atoms with Crippen LogP contribution in [-0.2, 0) is 13.1 Å². The van der Waals surface area contributed by atoms with Gasteiger partial charge in [-0.15, -0.1) is 0 Å². The molecule has 2 aromatic heterocycles. The van der Waals surface area contributed by atoms with E-state index in [1.807, 2.05) is 36.9 Å². The van der Waals surface area contributed by atoms with Crippen molar-refractivity contribution in [2.45, 2.75) is 45.2 Å². The minimum Gasteiger partial charge on any atom is -0.398 e. The Morgan fingerprint density at radius 3 is 2.08 bits per heavy atom. The first-order valence-corrected chi connectivity index (χ1v) is 13.4. The minimum absolute atomic E-state index is 0.676. The number of anilines is 2. The number of hydrogen-bond acceptors (Lipinski definition) is 6. The zero-order valence-corrected chi connectivity index (χ0v) is 21.8. The summed E-state index contributed by atoms with van der Waals surface area (Å²) in [5, 5.41) is 3.41. The van der Waals surface area contributed by atoms with Gasteiger partial charge in [0.2, 0.25) is 0 Å². The Labute approximate surface area is 220 Å². The number of nitrogens with two attached hydrogens (primary N) is 1. The molecule has 4 heterocycles. The van der Waals surface area contributed by atoms with Crippen molar-refractivity contribution in [3.63, 3.8) is 0 Å². The topological polar surface area (TPSA) is 70.3 Å². The van der Waals surface area contributed by atoms with E-state index in [4.69, 9.17) is 5.73 Å². The van der Waals surface area contributed by atoms with Crippen LogP contribution in [-0.4, -0.2) is 45.9 Å². The van der Waals surface area contributed by atoms with Gasteiger partial charge in [-0.1, -0.05) is 25.6 Å². The second kappa shape index (κ2) is 11.7. The smallest absolute Gasteiger partial charge is 0.0574 e. The molecule has 0 bridgehead atoms. The second-order valence-electron chi connectivity index (χ2n) is 10.4. The number of piperidine rings is 1. The number of nitrogen functional groups attached to an aromatic ring is 1. The quantitative estimate of drug-likeness (QED) is 0.283. The molecule has 1 aromatic carbocycles. The van der Waals surface area contributed by atoms with Gasteiger partial charge in [-0.05, 0) is 98.4 Å². The van der Waals surface area contributed by atoms with Crippen LogP contribution in [0.5, 0.6) is 0 Å². The summed E-state index contributed by atoms with van der Waals surface area (Å²) in [6.45, 7) is 15.1. The summed E-state index contributed by atoms with van der Waals surface area (Å²) in [6.07, 6.45) is 14.1. The Morgan fingerprint density at radius 1 is 0.757 bits per heavy atom. The number of aromatic nitrogens is 2. The molecule has 2 aliphatic heterocycles. The van der Waals surface area contributed by atoms with Crippen molar-refractivity contribution in [2.24, 2.45) is 0 Å². The van der Waals surface area contributed by atoms with Crippen LogP contribution < -0.4 is 11.1 Å². The van der Waals surface area contributed by atoms with Gasteiger partial charge in [-0.2, -0.15) is 0 Å². The summed E-state index contributed by atoms with van der Waals surface area (Å²) in [5.74, 6) is 0. The molecule has 2 saturated heterocycles. The summed E-state index contributed by atoms with van der Waals surface area (Å²) >= 11 is 0. The van der Waals surface area contributed by atoms with E-state index in [2.05, 4.69) is 56.4 Å². The normalized spacial score (nSPS) is 16.5. The van der Waals surface area contributed by atoms with Crippen molar-refractivity contribution in [3.8, 4) is 11.1 Å². The first kappa shape index (κ1) is 25.2. The van der Waals surface area contributed by atoms with Crippen LogP contribution in [0.25, 0.3) is 16.7 Å². The van der Waals surface area contributed by atoms with Crippen molar-refractivity contribution in [3.05, 3.63) is 90.7 Å². The number of rotatable bonds is 9. The minimum atomic E-state index is 0.676. The third kappa shape index (κ3) is 6.45. The monoisotopic (exact) mass is 494 g/mol. The van der Waals surface area contributed by atoms with E-state index in [1.54, 1.807) is 0 Å². The molecule has 0 unspecified atom stereocenters. The molecule has 3 N–H and O–H groups in total. The van der Waals surface area contributed by atoms with Gasteiger partial charge >= 0.3 is 0 Å². The van der Waals surface area contributed by atoms with Gasteiger partial charge in [0.05, 0.1) is 11.9 Å². The van der Waals surface area contributed by atoms with E-state index in [0.29, 0.717) is 11.4 Å². The average Bonchev–Trinajstić information content (AvgIpc) is 3.42. The highest BCUT2D eigenvalue weighted by Gasteiger charge is 2.15. The molecular weight excluding hydrogens is 456 g/mol. The van der Waals surface area contributed by atoms with Gasteiger partial charge in [-0.3, -0.25) is 19.8 Å². The van der Waals surface area contributed by atoms with Crippen LogP contribution in [0.15, 0.2) is 74.0 Å². The summed E-state index contributed by atoms with van der Waals surface area (Å²) < 4.78 is 0. The van der Waals surface area contributed by atoms with Gasteiger partial charge in [0.15, 0.2) is 0 Å². The molecule has 192 valence electrons. The molecule has 2 aliphatic rings. The third-order valence-electron chi connectivity index (χ3n) is 7.42. The zero-order valence-electron chi connectivity index (χ0n) is 21.8. The van der Waals surface area contributed by atoms with Crippen LogP contribution in [0.1, 0.15) is 48.8 Å². The molecule has 0 atom stereocenters. The zero-order chi connectivity index (χ0) is 25.6. The van der Waals surface area contributed by atoms with Crippen LogP contribution in [0.3, 0.4) is 0 Å². The van der Waals surface area contributed by atoms with Crippen molar-refractivity contribution in [2.75, 3.05) is 37.2 Å². The van der Waals surface area contributed by atoms with Crippen molar-refractivity contribution < 1.29 is 0 Å². The van der Waals surface area contributed by atoms with Crippen molar-refractivity contribution in [1.82, 2.24) is 19.8 Å². The maximum Gasteiger partial charge on any atom is 0.0574 e. The fourth-order valence-corrected chi connectivity index (χ4v) is 5.36. The lowest BCUT2D eigenvalue weighted by Gasteiger charge is -2.26. The van der Waals surface area contributed by atoms with Gasteiger partial charge in [-0.25, -0.2) is 0 Å². The number of hydrogen-bond donors (Lipinski definition) is 2. The highest BCUT2D eigenvalue weighted by molar-refractivity contribution is 5.87. The predicted octanol–water partition coefficient (Wildman–Crippen LogP) is 5.95. The standard InChI is InChI=1S/C31H38N6/c1-23(24(2)35-29-15-26(18-34-20-29)22-36-10-4-3-5-11-36)30-16-27(8-9-31(30)32)28-14-25(17-33-19-28)21-37-12-6-7-13-37/h8-9,14-20,35H,1-7,10-13,21-22,32H2. The number of benzene rings is 1. The Kier molecular flexibility index (Phi) is 7.97. The molecule has 6 heteroatoms. The van der Waals surface area contributed by atoms with E-state index in [9.17, 15) is 0 Å².